The molecule has 62 valence electrons. The minimum absolute atomic E-state index is 0.818. The van der Waals surface area contributed by atoms with Crippen molar-refractivity contribution in [3.8, 4) is 0 Å². The molecule has 2 rings (SSSR count). The number of methoxy groups -OCH3 is 1. The fourth-order valence-corrected chi connectivity index (χ4v) is 1.95. The molecule has 2 aliphatic rings. The number of hydrogen-bond acceptors (Lipinski definition) is 2. The van der Waals surface area contributed by atoms with Crippen LogP contribution in [0.3, 0.4) is 0 Å². The molecule has 1 aliphatic heterocycles. The van der Waals surface area contributed by atoms with E-state index in [0.717, 1.165) is 30.7 Å². The van der Waals surface area contributed by atoms with E-state index in [9.17, 15) is 0 Å². The molecular weight excluding hydrogens is 138 g/mol. The minimum atomic E-state index is 0.818. The lowest BCUT2D eigenvalue weighted by molar-refractivity contribution is 0.219. The van der Waals surface area contributed by atoms with Crippen LogP contribution in [0.4, 0.5) is 0 Å². The van der Waals surface area contributed by atoms with Crippen molar-refractivity contribution in [1.82, 2.24) is 0 Å². The monoisotopic (exact) mass is 153 g/mol. The predicted octanol–water partition coefficient (Wildman–Crippen LogP) is 1.85. The molecular formula is C9H15NO. The molecule has 1 saturated carbocycles. The third kappa shape index (κ3) is 1.26. The van der Waals surface area contributed by atoms with Crippen LogP contribution in [0.5, 0.6) is 0 Å². The van der Waals surface area contributed by atoms with Crippen molar-refractivity contribution in [2.45, 2.75) is 25.7 Å². The summed E-state index contributed by atoms with van der Waals surface area (Å²) in [4.78, 5) is 4.33. The van der Waals surface area contributed by atoms with Gasteiger partial charge in [0.05, 0.1) is 7.11 Å². The van der Waals surface area contributed by atoms with Crippen LogP contribution in [0.25, 0.3) is 0 Å². The van der Waals surface area contributed by atoms with Gasteiger partial charge in [0.25, 0.3) is 0 Å². The molecule has 1 atom stereocenters. The number of rotatable bonds is 1. The maximum atomic E-state index is 5.11. The Morgan fingerprint density at radius 1 is 1.36 bits per heavy atom. The molecule has 0 spiro atoms. The van der Waals surface area contributed by atoms with Gasteiger partial charge in [-0.2, -0.15) is 0 Å². The zero-order chi connectivity index (χ0) is 7.68. The molecule has 0 aromatic rings. The molecule has 0 radical (unpaired) electrons. The second kappa shape index (κ2) is 2.84. The highest BCUT2D eigenvalue weighted by molar-refractivity contribution is 5.77. The van der Waals surface area contributed by atoms with Crippen molar-refractivity contribution in [2.75, 3.05) is 13.7 Å². The molecule has 0 aromatic carbocycles. The Morgan fingerprint density at radius 2 is 2.18 bits per heavy atom. The second-order valence-corrected chi connectivity index (χ2v) is 3.59. The summed E-state index contributed by atoms with van der Waals surface area (Å²) in [5.41, 5.74) is 0. The van der Waals surface area contributed by atoms with E-state index >= 15 is 0 Å². The van der Waals surface area contributed by atoms with Crippen LogP contribution in [0.2, 0.25) is 0 Å². The van der Waals surface area contributed by atoms with Gasteiger partial charge in [0.2, 0.25) is 0 Å². The lowest BCUT2D eigenvalue weighted by atomic mass is 9.75. The van der Waals surface area contributed by atoms with Crippen LogP contribution >= 0.6 is 0 Å². The van der Waals surface area contributed by atoms with Crippen LogP contribution in [-0.4, -0.2) is 19.6 Å². The molecule has 1 fully saturated rings. The smallest absolute Gasteiger partial charge is 0.183 e. The third-order valence-electron chi connectivity index (χ3n) is 2.99. The lowest BCUT2D eigenvalue weighted by Crippen LogP contribution is -2.22. The molecule has 0 amide bonds. The third-order valence-corrected chi connectivity index (χ3v) is 2.99. The molecule has 0 saturated heterocycles. The van der Waals surface area contributed by atoms with Crippen molar-refractivity contribution in [2.24, 2.45) is 16.8 Å². The zero-order valence-electron chi connectivity index (χ0n) is 7.05. The van der Waals surface area contributed by atoms with E-state index in [4.69, 9.17) is 4.74 Å². The Bertz CT molecular complexity index is 172. The van der Waals surface area contributed by atoms with E-state index < -0.39 is 0 Å². The molecule has 1 unspecified atom stereocenters. The summed E-state index contributed by atoms with van der Waals surface area (Å²) in [6.45, 7) is 1.02. The van der Waals surface area contributed by atoms with Crippen LogP contribution < -0.4 is 0 Å². The van der Waals surface area contributed by atoms with E-state index in [-0.39, 0.29) is 0 Å². The Hall–Kier alpha value is -0.530. The van der Waals surface area contributed by atoms with Gasteiger partial charge >= 0.3 is 0 Å². The van der Waals surface area contributed by atoms with Gasteiger partial charge in [-0.15, -0.1) is 0 Å². The molecule has 2 nitrogen and oxygen atoms in total. The van der Waals surface area contributed by atoms with E-state index in [1.54, 1.807) is 7.11 Å². The van der Waals surface area contributed by atoms with Crippen molar-refractivity contribution in [3.05, 3.63) is 0 Å². The molecule has 0 N–H and O–H groups in total. The summed E-state index contributed by atoms with van der Waals surface area (Å²) in [5, 5.41) is 0. The molecule has 0 aromatic heterocycles. The molecule has 1 heterocycles. The Labute approximate surface area is 67.7 Å². The number of aliphatic imine (C=N–C) groups is 1. The topological polar surface area (TPSA) is 21.6 Å². The average Bonchev–Trinajstić information content (AvgIpc) is 2.32. The van der Waals surface area contributed by atoms with E-state index in [1.165, 1.54) is 19.3 Å². The molecule has 11 heavy (non-hydrogen) atoms. The zero-order valence-corrected chi connectivity index (χ0v) is 7.05. The summed E-state index contributed by atoms with van der Waals surface area (Å²) in [6.07, 6.45) is 5.39. The maximum absolute atomic E-state index is 5.11. The van der Waals surface area contributed by atoms with Crippen LogP contribution in [0.1, 0.15) is 25.7 Å². The number of nitrogens with zero attached hydrogens (tertiary/aromatic N) is 1. The summed E-state index contributed by atoms with van der Waals surface area (Å²) in [5.74, 6) is 2.76. The van der Waals surface area contributed by atoms with Gasteiger partial charge in [0, 0.05) is 13.0 Å². The first-order chi connectivity index (χ1) is 5.40. The largest absolute Gasteiger partial charge is 0.484 e. The second-order valence-electron chi connectivity index (χ2n) is 3.59. The summed E-state index contributed by atoms with van der Waals surface area (Å²) >= 11 is 0. The first-order valence-electron chi connectivity index (χ1n) is 4.47. The summed E-state index contributed by atoms with van der Waals surface area (Å²) < 4.78 is 5.11. The van der Waals surface area contributed by atoms with Gasteiger partial charge < -0.3 is 4.74 Å². The van der Waals surface area contributed by atoms with Gasteiger partial charge in [0.1, 0.15) is 0 Å². The highest BCUT2D eigenvalue weighted by Gasteiger charge is 2.31. The van der Waals surface area contributed by atoms with Crippen molar-refractivity contribution >= 4 is 5.90 Å². The average molecular weight is 153 g/mol. The Kier molecular flexibility index (Phi) is 1.84. The van der Waals surface area contributed by atoms with Crippen LogP contribution in [0, 0.1) is 11.8 Å². The quantitative estimate of drug-likeness (QED) is 0.563. The maximum Gasteiger partial charge on any atom is 0.183 e. The normalized spacial score (nSPS) is 31.4. The van der Waals surface area contributed by atoms with E-state index in [0.29, 0.717) is 0 Å². The van der Waals surface area contributed by atoms with Crippen molar-refractivity contribution in [1.29, 1.82) is 0 Å². The number of hydrogen-bond donors (Lipinski definition) is 0. The molecule has 0 bridgehead atoms. The standard InChI is InChI=1S/C9H15NO/c1-11-9-5-8(6-10-9)7-3-2-4-7/h7-8H,2-6H2,1H3. The van der Waals surface area contributed by atoms with Crippen LogP contribution in [0.15, 0.2) is 4.99 Å². The van der Waals surface area contributed by atoms with Crippen LogP contribution in [-0.2, 0) is 4.74 Å². The van der Waals surface area contributed by atoms with Crippen molar-refractivity contribution in [3.63, 3.8) is 0 Å². The van der Waals surface area contributed by atoms with Gasteiger partial charge in [0.15, 0.2) is 5.90 Å². The molecule has 1 aliphatic carbocycles. The summed E-state index contributed by atoms with van der Waals surface area (Å²) in [6, 6.07) is 0. The first kappa shape index (κ1) is 7.14. The van der Waals surface area contributed by atoms with Gasteiger partial charge in [-0.05, 0) is 11.8 Å². The summed E-state index contributed by atoms with van der Waals surface area (Å²) in [7, 11) is 1.72. The van der Waals surface area contributed by atoms with Gasteiger partial charge in [-0.3, -0.25) is 4.99 Å². The van der Waals surface area contributed by atoms with E-state index in [2.05, 4.69) is 4.99 Å². The predicted molar refractivity (Wildman–Crippen MR) is 44.8 cm³/mol. The highest BCUT2D eigenvalue weighted by atomic mass is 16.5. The SMILES string of the molecule is COC1=NCC(C2CCC2)C1. The highest BCUT2D eigenvalue weighted by Crippen LogP contribution is 2.37. The van der Waals surface area contributed by atoms with Crippen molar-refractivity contribution < 1.29 is 4.74 Å². The fourth-order valence-electron chi connectivity index (χ4n) is 1.95. The lowest BCUT2D eigenvalue weighted by Gasteiger charge is -2.30. The molecule has 2 heteroatoms. The Morgan fingerprint density at radius 3 is 2.64 bits per heavy atom. The number of ether oxygens (including phenoxy) is 1. The van der Waals surface area contributed by atoms with E-state index in [1.807, 2.05) is 0 Å². The first-order valence-corrected chi connectivity index (χ1v) is 4.47. The fraction of sp³-hybridized carbons (Fsp3) is 0.889. The van der Waals surface area contributed by atoms with Gasteiger partial charge in [-0.1, -0.05) is 19.3 Å². The minimum Gasteiger partial charge on any atom is -0.484 e. The Balaban J connectivity index is 1.83. The van der Waals surface area contributed by atoms with Gasteiger partial charge in [-0.25, -0.2) is 0 Å².